The molecule has 0 rings (SSSR count). The van der Waals surface area contributed by atoms with Crippen LogP contribution in [0.4, 0.5) is 0 Å². The van der Waals surface area contributed by atoms with Gasteiger partial charge in [0, 0.05) is 6.42 Å². The average molecular weight is 285 g/mol. The van der Waals surface area contributed by atoms with E-state index in [9.17, 15) is 9.59 Å². The molecule has 20 heavy (non-hydrogen) atoms. The summed E-state index contributed by atoms with van der Waals surface area (Å²) in [6.07, 6.45) is 11.0. The van der Waals surface area contributed by atoms with Gasteiger partial charge in [0.25, 0.3) is 0 Å². The van der Waals surface area contributed by atoms with Crippen LogP contribution in [0.25, 0.3) is 0 Å². The third-order valence-corrected chi connectivity index (χ3v) is 3.99. The Kier molecular flexibility index (Phi) is 10.3. The zero-order valence-electron chi connectivity index (χ0n) is 13.3. The van der Waals surface area contributed by atoms with Crippen molar-refractivity contribution in [2.24, 2.45) is 0 Å². The summed E-state index contributed by atoms with van der Waals surface area (Å²) < 4.78 is 0. The van der Waals surface area contributed by atoms with Gasteiger partial charge in [0.15, 0.2) is 11.3 Å². The number of unbranched alkanes of at least 4 members (excludes halogenated alkanes) is 8. The molecule has 0 saturated heterocycles. The Balaban J connectivity index is 3.65. The van der Waals surface area contributed by atoms with E-state index >= 15 is 0 Å². The summed E-state index contributed by atoms with van der Waals surface area (Å²) in [7, 11) is 1.52. The molecule has 0 aromatic carbocycles. The fourth-order valence-corrected chi connectivity index (χ4v) is 2.21. The van der Waals surface area contributed by atoms with Gasteiger partial charge in [-0.3, -0.25) is 10.1 Å². The Labute approximate surface area is 123 Å². The van der Waals surface area contributed by atoms with Gasteiger partial charge in [0.1, 0.15) is 0 Å². The van der Waals surface area contributed by atoms with Crippen LogP contribution in [-0.4, -0.2) is 29.4 Å². The summed E-state index contributed by atoms with van der Waals surface area (Å²) in [4.78, 5) is 23.0. The molecule has 0 aromatic rings. The molecule has 0 aliphatic heterocycles. The number of rotatable bonds is 13. The SMILES string of the molecule is CCCCCCCCCCCC(=O)C(C)(NC)C(=O)O. The van der Waals surface area contributed by atoms with Crippen LogP contribution >= 0.6 is 0 Å². The third kappa shape index (κ3) is 7.04. The fraction of sp³-hybridized carbons (Fsp3) is 0.875. The smallest absolute Gasteiger partial charge is 0.331 e. The van der Waals surface area contributed by atoms with Crippen LogP contribution in [-0.2, 0) is 9.59 Å². The Morgan fingerprint density at radius 2 is 1.40 bits per heavy atom. The molecule has 0 saturated carbocycles. The maximum atomic E-state index is 11.9. The Bertz CT molecular complexity index is 291. The van der Waals surface area contributed by atoms with Crippen LogP contribution in [0, 0.1) is 0 Å². The molecule has 0 aromatic heterocycles. The molecule has 0 radical (unpaired) electrons. The molecule has 0 bridgehead atoms. The summed E-state index contributed by atoms with van der Waals surface area (Å²) in [6.45, 7) is 3.65. The molecule has 1 atom stereocenters. The number of carboxylic acid groups (broad SMARTS) is 1. The molecule has 2 N–H and O–H groups in total. The van der Waals surface area contributed by atoms with E-state index in [0.29, 0.717) is 6.42 Å². The number of ketones is 1. The van der Waals surface area contributed by atoms with Crippen molar-refractivity contribution < 1.29 is 14.7 Å². The number of hydrogen-bond acceptors (Lipinski definition) is 3. The van der Waals surface area contributed by atoms with Crippen LogP contribution in [0.15, 0.2) is 0 Å². The standard InChI is InChI=1S/C16H31NO3/c1-4-5-6-7-8-9-10-11-12-13-14(18)16(2,17-3)15(19)20/h17H,4-13H2,1-3H3,(H,19,20). The van der Waals surface area contributed by atoms with Gasteiger partial charge in [-0.05, 0) is 20.4 Å². The number of carbonyl (C=O) groups excluding carboxylic acids is 1. The van der Waals surface area contributed by atoms with Gasteiger partial charge in [0.2, 0.25) is 0 Å². The van der Waals surface area contributed by atoms with E-state index in [1.54, 1.807) is 0 Å². The van der Waals surface area contributed by atoms with Crippen molar-refractivity contribution >= 4 is 11.8 Å². The first-order chi connectivity index (χ1) is 9.49. The van der Waals surface area contributed by atoms with Gasteiger partial charge in [-0.1, -0.05) is 58.3 Å². The van der Waals surface area contributed by atoms with Gasteiger partial charge in [0.05, 0.1) is 0 Å². The second-order valence-corrected chi connectivity index (χ2v) is 5.68. The van der Waals surface area contributed by atoms with Gasteiger partial charge >= 0.3 is 5.97 Å². The number of carboxylic acids is 1. The quantitative estimate of drug-likeness (QED) is 0.401. The van der Waals surface area contributed by atoms with E-state index in [1.807, 2.05) is 0 Å². The normalized spacial score (nSPS) is 13.9. The van der Waals surface area contributed by atoms with Crippen molar-refractivity contribution in [1.29, 1.82) is 0 Å². The van der Waals surface area contributed by atoms with E-state index < -0.39 is 11.5 Å². The largest absolute Gasteiger partial charge is 0.480 e. The van der Waals surface area contributed by atoms with Crippen LogP contribution in [0.1, 0.15) is 78.1 Å². The number of carbonyl (C=O) groups is 2. The number of aliphatic carboxylic acids is 1. The highest BCUT2D eigenvalue weighted by Gasteiger charge is 2.38. The van der Waals surface area contributed by atoms with Crippen molar-refractivity contribution in [3.63, 3.8) is 0 Å². The minimum atomic E-state index is -1.43. The second-order valence-electron chi connectivity index (χ2n) is 5.68. The minimum absolute atomic E-state index is 0.226. The summed E-state index contributed by atoms with van der Waals surface area (Å²) in [5.41, 5.74) is -1.43. The molecular formula is C16H31NO3. The van der Waals surface area contributed by atoms with Crippen molar-refractivity contribution in [3.05, 3.63) is 0 Å². The molecule has 0 spiro atoms. The molecule has 4 nitrogen and oxygen atoms in total. The number of Topliss-reactive ketones (excluding diaryl/α,β-unsaturated/α-hetero) is 1. The van der Waals surface area contributed by atoms with E-state index in [-0.39, 0.29) is 5.78 Å². The lowest BCUT2D eigenvalue weighted by atomic mass is 9.92. The first-order valence-corrected chi connectivity index (χ1v) is 7.94. The Morgan fingerprint density at radius 3 is 1.80 bits per heavy atom. The first kappa shape index (κ1) is 19.1. The molecule has 1 unspecified atom stereocenters. The summed E-state index contributed by atoms with van der Waals surface area (Å²) >= 11 is 0. The maximum absolute atomic E-state index is 11.9. The first-order valence-electron chi connectivity index (χ1n) is 7.94. The second kappa shape index (κ2) is 10.8. The van der Waals surface area contributed by atoms with Crippen LogP contribution in [0.5, 0.6) is 0 Å². The Hall–Kier alpha value is -0.900. The van der Waals surface area contributed by atoms with Crippen LogP contribution < -0.4 is 5.32 Å². The van der Waals surface area contributed by atoms with E-state index in [0.717, 1.165) is 19.3 Å². The molecule has 0 aliphatic rings. The van der Waals surface area contributed by atoms with Gasteiger partial charge in [-0.15, -0.1) is 0 Å². The lowest BCUT2D eigenvalue weighted by molar-refractivity contribution is -0.149. The maximum Gasteiger partial charge on any atom is 0.331 e. The van der Waals surface area contributed by atoms with Crippen LogP contribution in [0.2, 0.25) is 0 Å². The van der Waals surface area contributed by atoms with E-state index in [4.69, 9.17) is 5.11 Å². The highest BCUT2D eigenvalue weighted by atomic mass is 16.4. The average Bonchev–Trinajstić information content (AvgIpc) is 2.44. The molecule has 0 amide bonds. The molecule has 0 heterocycles. The lowest BCUT2D eigenvalue weighted by Crippen LogP contribution is -2.54. The molecular weight excluding hydrogens is 254 g/mol. The highest BCUT2D eigenvalue weighted by molar-refractivity contribution is 6.07. The predicted molar refractivity (Wildman–Crippen MR) is 82.0 cm³/mol. The van der Waals surface area contributed by atoms with Gasteiger partial charge in [-0.25, -0.2) is 4.79 Å². The van der Waals surface area contributed by atoms with Crippen molar-refractivity contribution in [2.45, 2.75) is 83.6 Å². The summed E-state index contributed by atoms with van der Waals surface area (Å²) in [6, 6.07) is 0. The fourth-order valence-electron chi connectivity index (χ4n) is 2.21. The van der Waals surface area contributed by atoms with Crippen molar-refractivity contribution in [3.8, 4) is 0 Å². The third-order valence-electron chi connectivity index (χ3n) is 3.99. The zero-order valence-corrected chi connectivity index (χ0v) is 13.3. The molecule has 0 fully saturated rings. The van der Waals surface area contributed by atoms with Crippen LogP contribution in [0.3, 0.4) is 0 Å². The highest BCUT2D eigenvalue weighted by Crippen LogP contribution is 2.14. The summed E-state index contributed by atoms with van der Waals surface area (Å²) in [5.74, 6) is -1.32. The number of likely N-dealkylation sites (N-methyl/N-ethyl adjacent to an activating group) is 1. The Morgan fingerprint density at radius 1 is 0.950 bits per heavy atom. The van der Waals surface area contributed by atoms with Gasteiger partial charge in [-0.2, -0.15) is 0 Å². The topological polar surface area (TPSA) is 66.4 Å². The minimum Gasteiger partial charge on any atom is -0.480 e. The zero-order chi connectivity index (χ0) is 15.4. The number of hydrogen-bond donors (Lipinski definition) is 2. The molecule has 0 aliphatic carbocycles. The molecule has 118 valence electrons. The monoisotopic (exact) mass is 285 g/mol. The van der Waals surface area contributed by atoms with Crippen molar-refractivity contribution in [1.82, 2.24) is 5.32 Å². The number of nitrogens with one attached hydrogen (secondary N) is 1. The summed E-state index contributed by atoms with van der Waals surface area (Å²) in [5, 5.41) is 11.7. The predicted octanol–water partition coefficient (Wildman–Crippen LogP) is 3.54. The lowest BCUT2D eigenvalue weighted by Gasteiger charge is -2.22. The van der Waals surface area contributed by atoms with E-state index in [2.05, 4.69) is 12.2 Å². The van der Waals surface area contributed by atoms with Crippen molar-refractivity contribution in [2.75, 3.05) is 7.05 Å². The molecule has 4 heteroatoms. The van der Waals surface area contributed by atoms with Gasteiger partial charge < -0.3 is 5.11 Å². The van der Waals surface area contributed by atoms with E-state index in [1.165, 1.54) is 52.5 Å².